The second-order valence-electron chi connectivity index (χ2n) is 5.61. The maximum absolute atomic E-state index is 11.5. The molecule has 0 spiro atoms. The third-order valence-electron chi connectivity index (χ3n) is 3.97. The van der Waals surface area contributed by atoms with Gasteiger partial charge in [-0.25, -0.2) is 9.78 Å². The highest BCUT2D eigenvalue weighted by Gasteiger charge is 2.16. The van der Waals surface area contributed by atoms with Crippen LogP contribution in [0, 0.1) is 5.92 Å². The van der Waals surface area contributed by atoms with Gasteiger partial charge in [-0.2, -0.15) is 0 Å². The van der Waals surface area contributed by atoms with Crippen LogP contribution in [-0.2, 0) is 4.74 Å². The third-order valence-corrected chi connectivity index (χ3v) is 3.97. The summed E-state index contributed by atoms with van der Waals surface area (Å²) in [5.41, 5.74) is 0.498. The van der Waals surface area contributed by atoms with Crippen molar-refractivity contribution in [3.63, 3.8) is 0 Å². The fourth-order valence-electron chi connectivity index (χ4n) is 2.59. The number of esters is 1. The summed E-state index contributed by atoms with van der Waals surface area (Å²) >= 11 is 0. The molecule has 1 aliphatic heterocycles. The van der Waals surface area contributed by atoms with Crippen LogP contribution >= 0.6 is 0 Å². The lowest BCUT2D eigenvalue weighted by Gasteiger charge is -2.28. The van der Waals surface area contributed by atoms with Crippen molar-refractivity contribution in [2.24, 2.45) is 5.92 Å². The van der Waals surface area contributed by atoms with Crippen LogP contribution in [0.2, 0.25) is 0 Å². The molecule has 1 aromatic heterocycles. The highest BCUT2D eigenvalue weighted by atomic mass is 16.5. The van der Waals surface area contributed by atoms with Gasteiger partial charge in [0.25, 0.3) is 0 Å². The molecule has 2 heterocycles. The molecule has 1 N–H and O–H groups in total. The molecule has 0 amide bonds. The molecule has 116 valence electrons. The Balaban J connectivity index is 1.72. The lowest BCUT2D eigenvalue weighted by atomic mass is 9.94. The van der Waals surface area contributed by atoms with Gasteiger partial charge in [0.05, 0.1) is 12.2 Å². The standard InChI is InChI=1S/C16H25N3O2/c1-3-21-16(20)14-4-5-15(18-12-14)17-9-6-13-7-10-19(2)11-8-13/h4-5,12-13H,3,6-11H2,1-2H3,(H,17,18). The molecule has 0 bridgehead atoms. The normalized spacial score (nSPS) is 16.7. The molecule has 21 heavy (non-hydrogen) atoms. The summed E-state index contributed by atoms with van der Waals surface area (Å²) in [6.45, 7) is 5.52. The molecule has 1 aliphatic rings. The van der Waals surface area contributed by atoms with E-state index in [1.807, 2.05) is 6.07 Å². The number of rotatable bonds is 6. The van der Waals surface area contributed by atoms with Crippen molar-refractivity contribution in [3.05, 3.63) is 23.9 Å². The number of likely N-dealkylation sites (tertiary alicyclic amines) is 1. The summed E-state index contributed by atoms with van der Waals surface area (Å²) in [6, 6.07) is 3.59. The molecule has 0 unspecified atom stereocenters. The molecule has 1 saturated heterocycles. The summed E-state index contributed by atoms with van der Waals surface area (Å²) in [5, 5.41) is 3.32. The first kappa shape index (κ1) is 15.8. The second kappa shape index (κ2) is 7.98. The quantitative estimate of drug-likeness (QED) is 0.816. The minimum Gasteiger partial charge on any atom is -0.462 e. The molecular formula is C16H25N3O2. The van der Waals surface area contributed by atoms with E-state index in [1.54, 1.807) is 19.2 Å². The van der Waals surface area contributed by atoms with Crippen LogP contribution in [0.3, 0.4) is 0 Å². The Morgan fingerprint density at radius 2 is 2.19 bits per heavy atom. The first-order chi connectivity index (χ1) is 10.2. The maximum Gasteiger partial charge on any atom is 0.339 e. The highest BCUT2D eigenvalue weighted by molar-refractivity contribution is 5.89. The van der Waals surface area contributed by atoms with E-state index < -0.39 is 0 Å². The molecule has 1 aromatic rings. The molecule has 5 heteroatoms. The van der Waals surface area contributed by atoms with E-state index in [-0.39, 0.29) is 5.97 Å². The fourth-order valence-corrected chi connectivity index (χ4v) is 2.59. The lowest BCUT2D eigenvalue weighted by Crippen LogP contribution is -2.30. The van der Waals surface area contributed by atoms with Gasteiger partial charge < -0.3 is 15.0 Å². The number of hydrogen-bond acceptors (Lipinski definition) is 5. The number of carbonyl (C=O) groups excluding carboxylic acids is 1. The van der Waals surface area contributed by atoms with Gasteiger partial charge in [-0.15, -0.1) is 0 Å². The number of carbonyl (C=O) groups is 1. The second-order valence-corrected chi connectivity index (χ2v) is 5.61. The highest BCUT2D eigenvalue weighted by Crippen LogP contribution is 2.19. The summed E-state index contributed by atoms with van der Waals surface area (Å²) in [4.78, 5) is 18.2. The van der Waals surface area contributed by atoms with Crippen molar-refractivity contribution < 1.29 is 9.53 Å². The Morgan fingerprint density at radius 3 is 2.81 bits per heavy atom. The van der Waals surface area contributed by atoms with Crippen molar-refractivity contribution in [3.8, 4) is 0 Å². The predicted octanol–water partition coefficient (Wildman–Crippen LogP) is 2.40. The van der Waals surface area contributed by atoms with Crippen LogP contribution < -0.4 is 5.32 Å². The van der Waals surface area contributed by atoms with Crippen molar-refractivity contribution >= 4 is 11.8 Å². The smallest absolute Gasteiger partial charge is 0.339 e. The Labute approximate surface area is 126 Å². The van der Waals surface area contributed by atoms with Crippen LogP contribution in [0.1, 0.15) is 36.5 Å². The maximum atomic E-state index is 11.5. The zero-order valence-corrected chi connectivity index (χ0v) is 13.0. The monoisotopic (exact) mass is 291 g/mol. The van der Waals surface area contributed by atoms with E-state index in [1.165, 1.54) is 32.4 Å². The number of ether oxygens (including phenoxy) is 1. The van der Waals surface area contributed by atoms with E-state index in [2.05, 4.69) is 22.2 Å². The van der Waals surface area contributed by atoms with Gasteiger partial charge in [-0.3, -0.25) is 0 Å². The van der Waals surface area contributed by atoms with Gasteiger partial charge in [-0.1, -0.05) is 0 Å². The molecule has 0 atom stereocenters. The first-order valence-electron chi connectivity index (χ1n) is 7.74. The van der Waals surface area contributed by atoms with Crippen LogP contribution in [0.5, 0.6) is 0 Å². The average molecular weight is 291 g/mol. The summed E-state index contributed by atoms with van der Waals surface area (Å²) in [7, 11) is 2.18. The van der Waals surface area contributed by atoms with Crippen molar-refractivity contribution in [2.75, 3.05) is 38.6 Å². The molecule has 0 radical (unpaired) electrons. The number of piperidine rings is 1. The van der Waals surface area contributed by atoms with E-state index in [4.69, 9.17) is 4.74 Å². The number of pyridine rings is 1. The van der Waals surface area contributed by atoms with Crippen LogP contribution in [0.15, 0.2) is 18.3 Å². The largest absolute Gasteiger partial charge is 0.462 e. The molecule has 1 fully saturated rings. The Hall–Kier alpha value is -1.62. The number of anilines is 1. The van der Waals surface area contributed by atoms with Gasteiger partial charge in [0, 0.05) is 12.7 Å². The van der Waals surface area contributed by atoms with E-state index >= 15 is 0 Å². The minimum absolute atomic E-state index is 0.317. The zero-order chi connectivity index (χ0) is 15.1. The van der Waals surface area contributed by atoms with Crippen LogP contribution in [0.25, 0.3) is 0 Å². The van der Waals surface area contributed by atoms with Gasteiger partial charge >= 0.3 is 5.97 Å². The average Bonchev–Trinajstić information content (AvgIpc) is 2.50. The van der Waals surface area contributed by atoms with Crippen LogP contribution in [-0.4, -0.2) is 49.1 Å². The molecule has 0 saturated carbocycles. The molecule has 2 rings (SSSR count). The predicted molar refractivity (Wildman–Crippen MR) is 83.5 cm³/mol. The number of nitrogens with zero attached hydrogens (tertiary/aromatic N) is 2. The summed E-state index contributed by atoms with van der Waals surface area (Å²) in [6.07, 6.45) is 5.31. The number of nitrogens with one attached hydrogen (secondary N) is 1. The van der Waals surface area contributed by atoms with Gasteiger partial charge in [0.15, 0.2) is 0 Å². The van der Waals surface area contributed by atoms with Crippen molar-refractivity contribution in [1.82, 2.24) is 9.88 Å². The Morgan fingerprint density at radius 1 is 1.43 bits per heavy atom. The number of aromatic nitrogens is 1. The molecule has 0 aromatic carbocycles. The fraction of sp³-hybridized carbons (Fsp3) is 0.625. The molecule has 5 nitrogen and oxygen atoms in total. The first-order valence-corrected chi connectivity index (χ1v) is 7.74. The van der Waals surface area contributed by atoms with Crippen molar-refractivity contribution in [2.45, 2.75) is 26.2 Å². The van der Waals surface area contributed by atoms with Gasteiger partial charge in [-0.05, 0) is 64.4 Å². The van der Waals surface area contributed by atoms with Crippen molar-refractivity contribution in [1.29, 1.82) is 0 Å². The molecule has 0 aliphatic carbocycles. The lowest BCUT2D eigenvalue weighted by molar-refractivity contribution is 0.0526. The Bertz CT molecular complexity index is 439. The van der Waals surface area contributed by atoms with Gasteiger partial charge in [0.1, 0.15) is 5.82 Å². The van der Waals surface area contributed by atoms with E-state index in [0.29, 0.717) is 12.2 Å². The SMILES string of the molecule is CCOC(=O)c1ccc(NCCC2CCN(C)CC2)nc1. The van der Waals surface area contributed by atoms with E-state index in [0.717, 1.165) is 18.3 Å². The van der Waals surface area contributed by atoms with Crippen LogP contribution in [0.4, 0.5) is 5.82 Å². The topological polar surface area (TPSA) is 54.5 Å². The van der Waals surface area contributed by atoms with E-state index in [9.17, 15) is 4.79 Å². The Kier molecular flexibility index (Phi) is 5.99. The number of hydrogen-bond donors (Lipinski definition) is 1. The summed E-state index contributed by atoms with van der Waals surface area (Å²) in [5.74, 6) is 1.31. The minimum atomic E-state index is -0.317. The van der Waals surface area contributed by atoms with Gasteiger partial charge in [0.2, 0.25) is 0 Å². The molecular weight excluding hydrogens is 266 g/mol. The zero-order valence-electron chi connectivity index (χ0n) is 13.0. The third kappa shape index (κ3) is 5.01. The summed E-state index contributed by atoms with van der Waals surface area (Å²) < 4.78 is 4.93.